The van der Waals surface area contributed by atoms with Gasteiger partial charge in [-0.2, -0.15) is 0 Å². The molecule has 0 aromatic heterocycles. The average Bonchev–Trinajstić information content (AvgIpc) is 2.59. The molecule has 2 aromatic rings. The summed E-state index contributed by atoms with van der Waals surface area (Å²) in [6.07, 6.45) is -4.70. The Morgan fingerprint density at radius 2 is 1.64 bits per heavy atom. The van der Waals surface area contributed by atoms with Gasteiger partial charge in [0.1, 0.15) is 5.75 Å². The SMILES string of the molecule is Cl.Cl.FC(F)(F)Oc1ccc([C@@H](c2cc(Br)ccc2Cl)N2CCNCC2)cc1. The Balaban J connectivity index is 0.00000196. The van der Waals surface area contributed by atoms with Crippen molar-refractivity contribution in [2.75, 3.05) is 26.2 Å². The van der Waals surface area contributed by atoms with Crippen LogP contribution in [0.15, 0.2) is 46.9 Å². The van der Waals surface area contributed by atoms with E-state index in [0.29, 0.717) is 5.02 Å². The van der Waals surface area contributed by atoms with Crippen molar-refractivity contribution in [2.24, 2.45) is 0 Å². The fourth-order valence-corrected chi connectivity index (χ4v) is 3.70. The van der Waals surface area contributed by atoms with Gasteiger partial charge in [0.25, 0.3) is 0 Å². The van der Waals surface area contributed by atoms with Gasteiger partial charge in [-0.25, -0.2) is 0 Å². The van der Waals surface area contributed by atoms with Crippen LogP contribution in [0.2, 0.25) is 5.02 Å². The number of nitrogens with zero attached hydrogens (tertiary/aromatic N) is 1. The maximum Gasteiger partial charge on any atom is 0.573 e. The molecule has 1 saturated heterocycles. The van der Waals surface area contributed by atoms with Crippen LogP contribution >= 0.6 is 52.3 Å². The molecule has 3 nitrogen and oxygen atoms in total. The van der Waals surface area contributed by atoms with Crippen LogP contribution in [-0.2, 0) is 0 Å². The molecule has 1 aliphatic rings. The summed E-state index contributed by atoms with van der Waals surface area (Å²) in [6.45, 7) is 3.32. The van der Waals surface area contributed by atoms with E-state index in [1.165, 1.54) is 12.1 Å². The van der Waals surface area contributed by atoms with Gasteiger partial charge < -0.3 is 10.1 Å². The monoisotopic (exact) mass is 520 g/mol. The third-order valence-corrected chi connectivity index (χ3v) is 5.04. The van der Waals surface area contributed by atoms with Crippen molar-refractivity contribution in [1.29, 1.82) is 0 Å². The summed E-state index contributed by atoms with van der Waals surface area (Å²) in [6, 6.07) is 11.5. The molecule has 1 N–H and O–H groups in total. The highest BCUT2D eigenvalue weighted by Gasteiger charge is 2.31. The first-order valence-corrected chi connectivity index (χ1v) is 9.26. The lowest BCUT2D eigenvalue weighted by Gasteiger charge is -2.36. The highest BCUT2D eigenvalue weighted by Crippen LogP contribution is 2.36. The zero-order valence-corrected chi connectivity index (χ0v) is 18.5. The van der Waals surface area contributed by atoms with E-state index in [9.17, 15) is 13.2 Å². The predicted molar refractivity (Wildman–Crippen MR) is 113 cm³/mol. The molecule has 0 saturated carbocycles. The molecule has 10 heteroatoms. The van der Waals surface area contributed by atoms with E-state index in [1.807, 2.05) is 18.2 Å². The van der Waals surface area contributed by atoms with Crippen molar-refractivity contribution in [3.8, 4) is 5.75 Å². The average molecular weight is 523 g/mol. The third kappa shape index (κ3) is 6.68. The minimum Gasteiger partial charge on any atom is -0.406 e. The van der Waals surface area contributed by atoms with E-state index in [-0.39, 0.29) is 36.6 Å². The Morgan fingerprint density at radius 1 is 1.04 bits per heavy atom. The number of benzene rings is 2. The first-order chi connectivity index (χ1) is 12.3. The maximum atomic E-state index is 12.4. The van der Waals surface area contributed by atoms with Gasteiger partial charge in [-0.05, 0) is 41.5 Å². The lowest BCUT2D eigenvalue weighted by Crippen LogP contribution is -2.45. The number of halogens is 7. The molecule has 3 rings (SSSR count). The van der Waals surface area contributed by atoms with Crippen molar-refractivity contribution in [3.63, 3.8) is 0 Å². The smallest absolute Gasteiger partial charge is 0.406 e. The van der Waals surface area contributed by atoms with Gasteiger partial charge in [0, 0.05) is 35.7 Å². The lowest BCUT2D eigenvalue weighted by molar-refractivity contribution is -0.274. The number of hydrogen-bond donors (Lipinski definition) is 1. The van der Waals surface area contributed by atoms with E-state index in [1.54, 1.807) is 12.1 Å². The fraction of sp³-hybridized carbons (Fsp3) is 0.333. The lowest BCUT2D eigenvalue weighted by atomic mass is 9.96. The molecular formula is C18H19BrCl3F3N2O. The van der Waals surface area contributed by atoms with E-state index in [4.69, 9.17) is 11.6 Å². The van der Waals surface area contributed by atoms with Crippen LogP contribution in [0.1, 0.15) is 17.2 Å². The minimum atomic E-state index is -4.70. The molecule has 28 heavy (non-hydrogen) atoms. The molecule has 0 amide bonds. The summed E-state index contributed by atoms with van der Waals surface area (Å²) in [5.74, 6) is -0.236. The van der Waals surface area contributed by atoms with Crippen LogP contribution in [-0.4, -0.2) is 37.4 Å². The second-order valence-electron chi connectivity index (χ2n) is 5.97. The molecule has 0 bridgehead atoms. The highest BCUT2D eigenvalue weighted by atomic mass is 79.9. The van der Waals surface area contributed by atoms with Gasteiger partial charge in [0.05, 0.1) is 6.04 Å². The van der Waals surface area contributed by atoms with Crippen LogP contribution in [0.3, 0.4) is 0 Å². The van der Waals surface area contributed by atoms with Gasteiger partial charge in [-0.1, -0.05) is 39.7 Å². The van der Waals surface area contributed by atoms with Crippen molar-refractivity contribution in [3.05, 3.63) is 63.1 Å². The zero-order chi connectivity index (χ0) is 18.7. The molecule has 2 aromatic carbocycles. The largest absolute Gasteiger partial charge is 0.573 e. The predicted octanol–water partition coefficient (Wildman–Crippen LogP) is 5.84. The van der Waals surface area contributed by atoms with Crippen LogP contribution < -0.4 is 10.1 Å². The Hall–Kier alpha value is -0.700. The summed E-state index contributed by atoms with van der Waals surface area (Å²) < 4.78 is 42.1. The molecule has 0 aliphatic carbocycles. The highest BCUT2D eigenvalue weighted by molar-refractivity contribution is 9.10. The van der Waals surface area contributed by atoms with Crippen molar-refractivity contribution < 1.29 is 17.9 Å². The molecule has 1 heterocycles. The van der Waals surface area contributed by atoms with Gasteiger partial charge in [-0.3, -0.25) is 4.90 Å². The summed E-state index contributed by atoms with van der Waals surface area (Å²) in [5, 5.41) is 3.92. The van der Waals surface area contributed by atoms with Gasteiger partial charge >= 0.3 is 6.36 Å². The molecule has 1 fully saturated rings. The Morgan fingerprint density at radius 3 is 2.21 bits per heavy atom. The Bertz CT molecular complexity index is 757. The van der Waals surface area contributed by atoms with Crippen molar-refractivity contribution in [2.45, 2.75) is 12.4 Å². The normalized spacial score (nSPS) is 15.9. The Labute approximate surface area is 187 Å². The fourth-order valence-electron chi connectivity index (χ4n) is 3.10. The number of hydrogen-bond acceptors (Lipinski definition) is 3. The molecule has 0 radical (unpaired) electrons. The number of rotatable bonds is 4. The topological polar surface area (TPSA) is 24.5 Å². The summed E-state index contributed by atoms with van der Waals surface area (Å²) in [5.41, 5.74) is 1.77. The molecule has 1 atom stereocenters. The van der Waals surface area contributed by atoms with Crippen molar-refractivity contribution in [1.82, 2.24) is 10.2 Å². The first kappa shape index (κ1) is 25.3. The number of alkyl halides is 3. The number of ether oxygens (including phenoxy) is 1. The molecule has 0 unspecified atom stereocenters. The molecule has 1 aliphatic heterocycles. The maximum absolute atomic E-state index is 12.4. The van der Waals surface area contributed by atoms with E-state index < -0.39 is 6.36 Å². The molecule has 156 valence electrons. The van der Waals surface area contributed by atoms with Gasteiger partial charge in [-0.15, -0.1) is 38.0 Å². The minimum absolute atomic E-state index is 0. The van der Waals surface area contributed by atoms with Gasteiger partial charge in [0.15, 0.2) is 0 Å². The second-order valence-corrected chi connectivity index (χ2v) is 7.29. The van der Waals surface area contributed by atoms with Crippen LogP contribution in [0.4, 0.5) is 13.2 Å². The third-order valence-electron chi connectivity index (χ3n) is 4.20. The summed E-state index contributed by atoms with van der Waals surface area (Å²) in [4.78, 5) is 2.27. The van der Waals surface area contributed by atoms with E-state index in [0.717, 1.165) is 41.8 Å². The van der Waals surface area contributed by atoms with E-state index in [2.05, 4.69) is 30.9 Å². The van der Waals surface area contributed by atoms with Crippen LogP contribution in [0, 0.1) is 0 Å². The Kier molecular flexibility index (Phi) is 9.86. The quantitative estimate of drug-likeness (QED) is 0.546. The van der Waals surface area contributed by atoms with Crippen LogP contribution in [0.5, 0.6) is 5.75 Å². The summed E-state index contributed by atoms with van der Waals surface area (Å²) >= 11 is 9.91. The van der Waals surface area contributed by atoms with Gasteiger partial charge in [0.2, 0.25) is 0 Å². The number of nitrogens with one attached hydrogen (secondary N) is 1. The summed E-state index contributed by atoms with van der Waals surface area (Å²) in [7, 11) is 0. The van der Waals surface area contributed by atoms with E-state index >= 15 is 0 Å². The zero-order valence-electron chi connectivity index (χ0n) is 14.5. The second kappa shape index (κ2) is 10.9. The van der Waals surface area contributed by atoms with Crippen LogP contribution in [0.25, 0.3) is 0 Å². The first-order valence-electron chi connectivity index (χ1n) is 8.09. The number of piperazine rings is 1. The standard InChI is InChI=1S/C18H17BrClF3N2O.2ClH/c19-13-3-6-16(20)15(11-13)17(25-9-7-24-8-10-25)12-1-4-14(5-2-12)26-18(21,22)23;;/h1-6,11,17,24H,7-10H2;2*1H/t17-;;/m0../s1. The molecule has 0 spiro atoms. The molecular weight excluding hydrogens is 503 g/mol. The van der Waals surface area contributed by atoms with Crippen molar-refractivity contribution >= 4 is 52.3 Å².